The van der Waals surface area contributed by atoms with E-state index >= 15 is 0 Å². The van der Waals surface area contributed by atoms with Crippen molar-refractivity contribution in [2.24, 2.45) is 5.73 Å². The molecule has 0 spiro atoms. The van der Waals surface area contributed by atoms with Gasteiger partial charge in [-0.2, -0.15) is 0 Å². The zero-order valence-corrected chi connectivity index (χ0v) is 8.84. The number of rotatable bonds is 4. The molecule has 16 heavy (non-hydrogen) atoms. The van der Waals surface area contributed by atoms with E-state index in [0.717, 1.165) is 18.2 Å². The van der Waals surface area contributed by atoms with Crippen LogP contribution in [-0.4, -0.2) is 17.6 Å². The molecule has 5 heteroatoms. The molecule has 0 saturated carbocycles. The van der Waals surface area contributed by atoms with Crippen LogP contribution in [0, 0.1) is 11.6 Å². The van der Waals surface area contributed by atoms with E-state index in [1.54, 1.807) is 0 Å². The van der Waals surface area contributed by atoms with Crippen molar-refractivity contribution >= 4 is 5.97 Å². The van der Waals surface area contributed by atoms with E-state index in [1.165, 1.54) is 6.92 Å². The molecule has 1 unspecified atom stereocenters. The first-order valence-corrected chi connectivity index (χ1v) is 4.81. The Hall–Kier alpha value is -1.49. The Morgan fingerprint density at radius 3 is 2.62 bits per heavy atom. The highest BCUT2D eigenvalue weighted by Gasteiger charge is 2.37. The van der Waals surface area contributed by atoms with Crippen molar-refractivity contribution in [3.05, 3.63) is 35.4 Å². The third-order valence-corrected chi connectivity index (χ3v) is 2.64. The summed E-state index contributed by atoms with van der Waals surface area (Å²) in [5.74, 6) is -2.62. The van der Waals surface area contributed by atoms with E-state index in [-0.39, 0.29) is 18.5 Å². The molecule has 88 valence electrons. The van der Waals surface area contributed by atoms with Gasteiger partial charge in [0, 0.05) is 5.56 Å². The highest BCUT2D eigenvalue weighted by atomic mass is 19.1. The Kier molecular flexibility index (Phi) is 3.59. The van der Waals surface area contributed by atoms with Crippen LogP contribution in [0.25, 0.3) is 0 Å². The van der Waals surface area contributed by atoms with Gasteiger partial charge in [0.15, 0.2) is 0 Å². The fraction of sp³-hybridized carbons (Fsp3) is 0.364. The van der Waals surface area contributed by atoms with Crippen LogP contribution in [0.1, 0.15) is 18.9 Å². The van der Waals surface area contributed by atoms with Gasteiger partial charge < -0.3 is 10.8 Å². The third kappa shape index (κ3) is 2.19. The van der Waals surface area contributed by atoms with Gasteiger partial charge in [-0.15, -0.1) is 0 Å². The third-order valence-electron chi connectivity index (χ3n) is 2.64. The summed E-state index contributed by atoms with van der Waals surface area (Å²) in [5.41, 5.74) is 3.62. The highest BCUT2D eigenvalue weighted by Crippen LogP contribution is 2.30. The number of aliphatic carboxylic acids is 1. The van der Waals surface area contributed by atoms with Gasteiger partial charge in [-0.3, -0.25) is 4.79 Å². The van der Waals surface area contributed by atoms with E-state index in [1.807, 2.05) is 0 Å². The van der Waals surface area contributed by atoms with E-state index in [4.69, 9.17) is 10.8 Å². The van der Waals surface area contributed by atoms with Crippen LogP contribution >= 0.6 is 0 Å². The van der Waals surface area contributed by atoms with Crippen molar-refractivity contribution in [1.29, 1.82) is 0 Å². The second-order valence-corrected chi connectivity index (χ2v) is 3.80. The number of hydrogen-bond donors (Lipinski definition) is 2. The lowest BCUT2D eigenvalue weighted by Crippen LogP contribution is -2.35. The fourth-order valence-electron chi connectivity index (χ4n) is 1.57. The molecule has 1 aromatic carbocycles. The first-order valence-electron chi connectivity index (χ1n) is 4.81. The molecular weight excluding hydrogens is 216 g/mol. The minimum atomic E-state index is -1.50. The lowest BCUT2D eigenvalue weighted by atomic mass is 9.79. The molecule has 1 aromatic rings. The minimum absolute atomic E-state index is 0.0444. The van der Waals surface area contributed by atoms with Gasteiger partial charge in [0.1, 0.15) is 11.6 Å². The number of nitrogens with two attached hydrogens (primary N) is 1. The molecular formula is C11H13F2NO2. The first kappa shape index (κ1) is 12.6. The average Bonchev–Trinajstić information content (AvgIpc) is 2.21. The van der Waals surface area contributed by atoms with Gasteiger partial charge >= 0.3 is 5.97 Å². The van der Waals surface area contributed by atoms with Crippen LogP contribution in [0.15, 0.2) is 18.2 Å². The molecule has 0 aromatic heterocycles. The summed E-state index contributed by atoms with van der Waals surface area (Å²) in [7, 11) is 0. The van der Waals surface area contributed by atoms with Crippen LogP contribution in [0.3, 0.4) is 0 Å². The standard InChI is InChI=1S/C11H13F2NO2/c1-11(4-5-14,10(15)16)8-6-7(12)2-3-9(8)13/h2-3,6H,4-5,14H2,1H3,(H,15,16). The van der Waals surface area contributed by atoms with Crippen molar-refractivity contribution in [1.82, 2.24) is 0 Å². The molecule has 0 amide bonds. The van der Waals surface area contributed by atoms with E-state index in [2.05, 4.69) is 0 Å². The van der Waals surface area contributed by atoms with Gasteiger partial charge in [0.2, 0.25) is 0 Å². The second-order valence-electron chi connectivity index (χ2n) is 3.80. The summed E-state index contributed by atoms with van der Waals surface area (Å²) >= 11 is 0. The maximum Gasteiger partial charge on any atom is 0.313 e. The molecule has 0 aliphatic carbocycles. The number of carboxylic acids is 1. The van der Waals surface area contributed by atoms with E-state index in [0.29, 0.717) is 0 Å². The molecule has 0 heterocycles. The molecule has 0 radical (unpaired) electrons. The fourth-order valence-corrected chi connectivity index (χ4v) is 1.57. The van der Waals surface area contributed by atoms with Gasteiger partial charge in [-0.1, -0.05) is 0 Å². The van der Waals surface area contributed by atoms with E-state index in [9.17, 15) is 13.6 Å². The molecule has 0 aliphatic rings. The summed E-state index contributed by atoms with van der Waals surface area (Å²) < 4.78 is 26.5. The minimum Gasteiger partial charge on any atom is -0.481 e. The number of halogens is 2. The molecule has 0 aliphatic heterocycles. The van der Waals surface area contributed by atoms with Gasteiger partial charge in [-0.05, 0) is 38.1 Å². The van der Waals surface area contributed by atoms with Crippen molar-refractivity contribution in [2.75, 3.05) is 6.54 Å². The van der Waals surface area contributed by atoms with Crippen LogP contribution in [0.5, 0.6) is 0 Å². The number of carbonyl (C=O) groups is 1. The van der Waals surface area contributed by atoms with Crippen molar-refractivity contribution in [2.45, 2.75) is 18.8 Å². The van der Waals surface area contributed by atoms with Crippen LogP contribution in [-0.2, 0) is 10.2 Å². The molecule has 0 bridgehead atoms. The second kappa shape index (κ2) is 4.57. The predicted octanol–water partition coefficient (Wildman–Crippen LogP) is 1.66. The Balaban J connectivity index is 3.31. The Bertz CT molecular complexity index is 409. The molecule has 0 saturated heterocycles. The maximum atomic E-state index is 13.5. The predicted molar refractivity (Wildman–Crippen MR) is 55.0 cm³/mol. The average molecular weight is 229 g/mol. The number of benzene rings is 1. The summed E-state index contributed by atoms with van der Waals surface area (Å²) in [6, 6.07) is 2.77. The van der Waals surface area contributed by atoms with Crippen molar-refractivity contribution in [3.8, 4) is 0 Å². The van der Waals surface area contributed by atoms with Gasteiger partial charge in [0.25, 0.3) is 0 Å². The monoisotopic (exact) mass is 229 g/mol. The van der Waals surface area contributed by atoms with Crippen LogP contribution < -0.4 is 5.73 Å². The quantitative estimate of drug-likeness (QED) is 0.825. The zero-order chi connectivity index (χ0) is 12.3. The van der Waals surface area contributed by atoms with Crippen LogP contribution in [0.4, 0.5) is 8.78 Å². The summed E-state index contributed by atoms with van der Waals surface area (Å²) in [5, 5.41) is 9.09. The smallest absolute Gasteiger partial charge is 0.313 e. The van der Waals surface area contributed by atoms with Crippen molar-refractivity contribution in [3.63, 3.8) is 0 Å². The molecule has 3 N–H and O–H groups in total. The normalized spacial score (nSPS) is 14.5. The largest absolute Gasteiger partial charge is 0.481 e. The molecule has 1 rings (SSSR count). The Labute approximate surface area is 91.9 Å². The number of hydrogen-bond acceptors (Lipinski definition) is 2. The maximum absolute atomic E-state index is 13.5. The number of carboxylic acid groups (broad SMARTS) is 1. The highest BCUT2D eigenvalue weighted by molar-refractivity contribution is 5.80. The Morgan fingerprint density at radius 2 is 2.12 bits per heavy atom. The topological polar surface area (TPSA) is 63.3 Å². The SMILES string of the molecule is CC(CCN)(C(=O)O)c1cc(F)ccc1F. The Morgan fingerprint density at radius 1 is 1.50 bits per heavy atom. The molecule has 1 atom stereocenters. The van der Waals surface area contributed by atoms with Gasteiger partial charge in [-0.25, -0.2) is 8.78 Å². The molecule has 0 fully saturated rings. The van der Waals surface area contributed by atoms with Gasteiger partial charge in [0.05, 0.1) is 5.41 Å². The van der Waals surface area contributed by atoms with Crippen LogP contribution in [0.2, 0.25) is 0 Å². The lowest BCUT2D eigenvalue weighted by molar-refractivity contribution is -0.143. The first-order chi connectivity index (χ1) is 7.41. The summed E-state index contributed by atoms with van der Waals surface area (Å²) in [6.07, 6.45) is 0.0444. The van der Waals surface area contributed by atoms with Crippen molar-refractivity contribution < 1.29 is 18.7 Å². The summed E-state index contributed by atoms with van der Waals surface area (Å²) in [6.45, 7) is 1.42. The summed E-state index contributed by atoms with van der Waals surface area (Å²) in [4.78, 5) is 11.1. The molecule has 3 nitrogen and oxygen atoms in total. The zero-order valence-electron chi connectivity index (χ0n) is 8.84. The van der Waals surface area contributed by atoms with E-state index < -0.39 is 23.0 Å². The lowest BCUT2D eigenvalue weighted by Gasteiger charge is -2.25.